The average Bonchev–Trinajstić information content (AvgIpc) is 3.08. The largest absolute Gasteiger partial charge is 0.334 e. The van der Waals surface area contributed by atoms with E-state index >= 15 is 0 Å². The number of hydrogen-bond donors (Lipinski definition) is 0. The molecule has 2 heterocycles. The van der Waals surface area contributed by atoms with E-state index in [1.807, 2.05) is 29.2 Å². The number of nitrogens with zero attached hydrogens (tertiary/aromatic N) is 4. The number of amides is 2. The van der Waals surface area contributed by atoms with Gasteiger partial charge in [-0.3, -0.25) is 14.5 Å². The predicted molar refractivity (Wildman–Crippen MR) is 118 cm³/mol. The molecule has 0 atom stereocenters. The summed E-state index contributed by atoms with van der Waals surface area (Å²) in [5, 5.41) is 5.57. The first kappa shape index (κ1) is 21.2. The molecule has 2 aromatic carbocycles. The molecule has 6 nitrogen and oxygen atoms in total. The van der Waals surface area contributed by atoms with Crippen molar-refractivity contribution in [3.05, 3.63) is 65.5 Å². The van der Waals surface area contributed by atoms with E-state index in [4.69, 9.17) is 0 Å². The van der Waals surface area contributed by atoms with Crippen LogP contribution in [0.1, 0.15) is 35.7 Å². The van der Waals surface area contributed by atoms with E-state index in [2.05, 4.69) is 10.0 Å². The van der Waals surface area contributed by atoms with Crippen molar-refractivity contribution < 1.29 is 14.0 Å². The number of carbonyl (C=O) groups excluding carboxylic acids is 2. The van der Waals surface area contributed by atoms with Gasteiger partial charge in [0.15, 0.2) is 0 Å². The number of anilines is 1. The molecule has 4 rings (SSSR count). The summed E-state index contributed by atoms with van der Waals surface area (Å²) in [5.74, 6) is 0.0751. The van der Waals surface area contributed by atoms with Gasteiger partial charge in [0.2, 0.25) is 5.91 Å². The van der Waals surface area contributed by atoms with Crippen molar-refractivity contribution in [1.29, 1.82) is 0 Å². The van der Waals surface area contributed by atoms with E-state index in [1.54, 1.807) is 6.21 Å². The Morgan fingerprint density at radius 2 is 1.87 bits per heavy atom. The molecular weight excluding hydrogens is 395 g/mol. The molecule has 2 aliphatic rings. The molecule has 2 aromatic rings. The highest BCUT2D eigenvalue weighted by Gasteiger charge is 2.29. The zero-order valence-electron chi connectivity index (χ0n) is 17.7. The molecule has 0 unspecified atom stereocenters. The molecular formula is C24H27FN4O2. The Morgan fingerprint density at radius 1 is 1.16 bits per heavy atom. The van der Waals surface area contributed by atoms with Gasteiger partial charge >= 0.3 is 0 Å². The Kier molecular flexibility index (Phi) is 6.42. The fourth-order valence-corrected chi connectivity index (χ4v) is 4.27. The van der Waals surface area contributed by atoms with Crippen LogP contribution < -0.4 is 5.01 Å². The molecule has 0 aliphatic carbocycles. The van der Waals surface area contributed by atoms with Gasteiger partial charge in [-0.1, -0.05) is 18.2 Å². The maximum Gasteiger partial charge on any atom is 0.254 e. The highest BCUT2D eigenvalue weighted by atomic mass is 19.1. The average molecular weight is 423 g/mol. The van der Waals surface area contributed by atoms with Crippen LogP contribution in [0.15, 0.2) is 53.6 Å². The first-order chi connectivity index (χ1) is 15.0. The Hall–Kier alpha value is -3.06. The van der Waals surface area contributed by atoms with Crippen molar-refractivity contribution in [3.63, 3.8) is 0 Å². The Bertz CT molecular complexity index is 968. The monoisotopic (exact) mass is 422 g/mol. The topological polar surface area (TPSA) is 56.2 Å². The second kappa shape index (κ2) is 9.39. The van der Waals surface area contributed by atoms with Crippen molar-refractivity contribution >= 4 is 23.7 Å². The van der Waals surface area contributed by atoms with Crippen molar-refractivity contribution in [2.75, 3.05) is 31.2 Å². The van der Waals surface area contributed by atoms with Crippen LogP contribution in [0, 0.1) is 11.7 Å². The number of piperidine rings is 1. The fraction of sp³-hybridized carbons (Fsp3) is 0.375. The predicted octanol–water partition coefficient (Wildman–Crippen LogP) is 3.53. The maximum absolute atomic E-state index is 13.1. The second-order valence-corrected chi connectivity index (χ2v) is 8.19. The molecule has 0 spiro atoms. The van der Waals surface area contributed by atoms with Gasteiger partial charge in [-0.2, -0.15) is 5.10 Å². The van der Waals surface area contributed by atoms with Crippen LogP contribution in [0.25, 0.3) is 0 Å². The van der Waals surface area contributed by atoms with E-state index < -0.39 is 0 Å². The summed E-state index contributed by atoms with van der Waals surface area (Å²) in [6.45, 7) is 5.46. The molecule has 2 amide bonds. The summed E-state index contributed by atoms with van der Waals surface area (Å²) in [4.78, 5) is 28.7. The number of benzene rings is 2. The second-order valence-electron chi connectivity index (χ2n) is 8.19. The van der Waals surface area contributed by atoms with Crippen molar-refractivity contribution in [1.82, 2.24) is 9.80 Å². The van der Waals surface area contributed by atoms with Crippen LogP contribution in [0.5, 0.6) is 0 Å². The van der Waals surface area contributed by atoms with E-state index in [9.17, 15) is 14.0 Å². The molecule has 0 radical (unpaired) electrons. The number of rotatable bonds is 6. The van der Waals surface area contributed by atoms with Crippen LogP contribution in [0.3, 0.4) is 0 Å². The van der Waals surface area contributed by atoms with E-state index in [0.29, 0.717) is 24.7 Å². The van der Waals surface area contributed by atoms with Gasteiger partial charge in [0.25, 0.3) is 5.91 Å². The summed E-state index contributed by atoms with van der Waals surface area (Å²) < 4.78 is 13.1. The Balaban J connectivity index is 1.25. The maximum atomic E-state index is 13.1. The van der Waals surface area contributed by atoms with Gasteiger partial charge in [0.05, 0.1) is 5.69 Å². The Labute approximate surface area is 181 Å². The highest BCUT2D eigenvalue weighted by Crippen LogP contribution is 2.26. The van der Waals surface area contributed by atoms with Gasteiger partial charge in [-0.25, -0.2) is 9.40 Å². The quantitative estimate of drug-likeness (QED) is 0.529. The van der Waals surface area contributed by atoms with Gasteiger partial charge in [0.1, 0.15) is 5.82 Å². The standard InChI is InChI=1S/C24H27FN4O2/c1-18(30)29(22-8-6-21(25)7-9-22)26-12-15-27-13-10-19(11-14-27)16-28-17-20-4-2-3-5-23(20)24(28)31/h2-9,12,19H,10-11,13-17H2,1H3/b26-12+. The minimum atomic E-state index is -0.349. The molecule has 0 bridgehead atoms. The van der Waals surface area contributed by atoms with Crippen LogP contribution in [0.2, 0.25) is 0 Å². The molecule has 162 valence electrons. The lowest BCUT2D eigenvalue weighted by Crippen LogP contribution is -2.39. The summed E-state index contributed by atoms with van der Waals surface area (Å²) in [6, 6.07) is 13.6. The summed E-state index contributed by atoms with van der Waals surface area (Å²) in [5.41, 5.74) is 2.50. The number of halogens is 1. The molecule has 2 aliphatic heterocycles. The zero-order chi connectivity index (χ0) is 21.8. The number of hydrogen-bond acceptors (Lipinski definition) is 4. The lowest BCUT2D eigenvalue weighted by Gasteiger charge is -2.33. The van der Waals surface area contributed by atoms with Gasteiger partial charge in [0, 0.05) is 38.3 Å². The van der Waals surface area contributed by atoms with Crippen molar-refractivity contribution in [2.45, 2.75) is 26.3 Å². The normalized spacial score (nSPS) is 17.4. The smallest absolute Gasteiger partial charge is 0.254 e. The lowest BCUT2D eigenvalue weighted by atomic mass is 9.96. The number of hydrazone groups is 1. The third kappa shape index (κ3) is 4.99. The third-order valence-corrected chi connectivity index (χ3v) is 5.99. The van der Waals surface area contributed by atoms with Crippen LogP contribution in [0.4, 0.5) is 10.1 Å². The molecule has 0 N–H and O–H groups in total. The molecule has 31 heavy (non-hydrogen) atoms. The molecule has 1 saturated heterocycles. The Morgan fingerprint density at radius 3 is 2.55 bits per heavy atom. The minimum absolute atomic E-state index is 0.148. The first-order valence-corrected chi connectivity index (χ1v) is 10.7. The third-order valence-electron chi connectivity index (χ3n) is 5.99. The molecule has 0 saturated carbocycles. The van der Waals surface area contributed by atoms with Gasteiger partial charge < -0.3 is 4.90 Å². The number of carbonyl (C=O) groups is 2. The summed E-state index contributed by atoms with van der Waals surface area (Å²) >= 11 is 0. The number of fused-ring (bicyclic) bond motifs is 1. The minimum Gasteiger partial charge on any atom is -0.334 e. The van der Waals surface area contributed by atoms with E-state index in [0.717, 1.165) is 43.6 Å². The molecule has 0 aromatic heterocycles. The molecule has 1 fully saturated rings. The number of likely N-dealkylation sites (tertiary alicyclic amines) is 1. The van der Waals surface area contributed by atoms with E-state index in [-0.39, 0.29) is 17.6 Å². The zero-order valence-corrected chi connectivity index (χ0v) is 17.7. The van der Waals surface area contributed by atoms with Crippen LogP contribution in [-0.4, -0.2) is 54.0 Å². The summed E-state index contributed by atoms with van der Waals surface area (Å²) in [6.07, 6.45) is 3.79. The van der Waals surface area contributed by atoms with Crippen LogP contribution in [-0.2, 0) is 11.3 Å². The van der Waals surface area contributed by atoms with Crippen molar-refractivity contribution in [3.8, 4) is 0 Å². The lowest BCUT2D eigenvalue weighted by molar-refractivity contribution is -0.116. The van der Waals surface area contributed by atoms with Crippen LogP contribution >= 0.6 is 0 Å². The van der Waals surface area contributed by atoms with Crippen molar-refractivity contribution in [2.24, 2.45) is 11.0 Å². The SMILES string of the molecule is CC(=O)N(/N=C/CN1CCC(CN2Cc3ccccc3C2=O)CC1)c1ccc(F)cc1. The van der Waals surface area contributed by atoms with E-state index in [1.165, 1.54) is 36.2 Å². The molecule has 7 heteroatoms. The van der Waals surface area contributed by atoms with Gasteiger partial charge in [-0.15, -0.1) is 0 Å². The summed E-state index contributed by atoms with van der Waals surface area (Å²) in [7, 11) is 0. The first-order valence-electron chi connectivity index (χ1n) is 10.7. The van der Waals surface area contributed by atoms with Gasteiger partial charge in [-0.05, 0) is 67.7 Å². The highest BCUT2D eigenvalue weighted by molar-refractivity contribution is 5.98. The fourth-order valence-electron chi connectivity index (χ4n) is 4.27.